The van der Waals surface area contributed by atoms with E-state index < -0.39 is 0 Å². The molecule has 0 aliphatic carbocycles. The fraction of sp³-hybridized carbons (Fsp3) is 0.111. The molecular formula is C18H18N2O. The average Bonchev–Trinajstić information content (AvgIpc) is 2.97. The fourth-order valence-electron chi connectivity index (χ4n) is 2.48. The summed E-state index contributed by atoms with van der Waals surface area (Å²) < 4.78 is 5.31. The number of aromatic nitrogens is 1. The summed E-state index contributed by atoms with van der Waals surface area (Å²) in [5.74, 6) is 0.853. The zero-order chi connectivity index (χ0) is 14.8. The summed E-state index contributed by atoms with van der Waals surface area (Å²) in [6.07, 6.45) is 1.99. The Bertz CT molecular complexity index is 774. The minimum atomic E-state index is 0.783. The zero-order valence-electron chi connectivity index (χ0n) is 12.2. The van der Waals surface area contributed by atoms with Crippen LogP contribution in [0.15, 0.2) is 54.7 Å². The van der Waals surface area contributed by atoms with Gasteiger partial charge in [-0.2, -0.15) is 0 Å². The van der Waals surface area contributed by atoms with Crippen LogP contribution in [0.3, 0.4) is 0 Å². The lowest BCUT2D eigenvalue weighted by molar-refractivity contribution is 0.415. The van der Waals surface area contributed by atoms with Crippen molar-refractivity contribution in [1.29, 1.82) is 0 Å². The van der Waals surface area contributed by atoms with Crippen molar-refractivity contribution >= 4 is 5.69 Å². The first-order chi connectivity index (χ1) is 10.2. The minimum Gasteiger partial charge on any atom is -0.497 e. The molecule has 0 spiro atoms. The minimum absolute atomic E-state index is 0.783. The van der Waals surface area contributed by atoms with Gasteiger partial charge in [0.15, 0.2) is 0 Å². The summed E-state index contributed by atoms with van der Waals surface area (Å²) in [6.45, 7) is 2.09. The Labute approximate surface area is 124 Å². The molecule has 0 aliphatic heterocycles. The Hall–Kier alpha value is -2.68. The molecule has 0 fully saturated rings. The maximum absolute atomic E-state index is 6.04. The van der Waals surface area contributed by atoms with Gasteiger partial charge in [0, 0.05) is 34.3 Å². The molecule has 0 saturated carbocycles. The molecule has 0 aliphatic rings. The smallest absolute Gasteiger partial charge is 0.119 e. The Kier molecular flexibility index (Phi) is 3.40. The van der Waals surface area contributed by atoms with Crippen molar-refractivity contribution in [3.05, 3.63) is 60.3 Å². The van der Waals surface area contributed by atoms with Crippen molar-refractivity contribution in [2.24, 2.45) is 0 Å². The quantitative estimate of drug-likeness (QED) is 0.704. The third kappa shape index (κ3) is 2.50. The lowest BCUT2D eigenvalue weighted by Gasteiger charge is -2.06. The first kappa shape index (κ1) is 13.3. The Morgan fingerprint density at radius 1 is 1.00 bits per heavy atom. The van der Waals surface area contributed by atoms with Crippen molar-refractivity contribution in [3.8, 4) is 28.1 Å². The maximum Gasteiger partial charge on any atom is 0.119 e. The molecule has 0 amide bonds. The Morgan fingerprint density at radius 3 is 2.57 bits per heavy atom. The molecule has 21 heavy (non-hydrogen) atoms. The summed E-state index contributed by atoms with van der Waals surface area (Å²) >= 11 is 0. The van der Waals surface area contributed by atoms with Crippen LogP contribution in [0.1, 0.15) is 5.56 Å². The van der Waals surface area contributed by atoms with Crippen LogP contribution >= 0.6 is 0 Å². The molecule has 106 valence electrons. The lowest BCUT2D eigenvalue weighted by atomic mass is 10.0. The largest absolute Gasteiger partial charge is 0.497 e. The van der Waals surface area contributed by atoms with E-state index >= 15 is 0 Å². The van der Waals surface area contributed by atoms with Crippen molar-refractivity contribution in [1.82, 2.24) is 4.98 Å². The fourth-order valence-corrected chi connectivity index (χ4v) is 2.48. The first-order valence-electron chi connectivity index (χ1n) is 6.87. The standard InChI is InChI=1S/C18H18N2O/c1-12-7-8-14(21-2)10-16(12)18-9-13(11-20-18)15-5-3-4-6-17(15)19/h3-11,20H,19H2,1-2H3. The number of benzene rings is 2. The lowest BCUT2D eigenvalue weighted by Crippen LogP contribution is -1.88. The van der Waals surface area contributed by atoms with E-state index in [0.29, 0.717) is 0 Å². The van der Waals surface area contributed by atoms with E-state index in [9.17, 15) is 0 Å². The van der Waals surface area contributed by atoms with Crippen LogP contribution in [0, 0.1) is 6.92 Å². The SMILES string of the molecule is COc1ccc(C)c(-c2cc(-c3ccccc3N)c[nH]2)c1. The molecule has 3 N–H and O–H groups in total. The summed E-state index contributed by atoms with van der Waals surface area (Å²) in [4.78, 5) is 3.33. The van der Waals surface area contributed by atoms with E-state index in [4.69, 9.17) is 10.5 Å². The third-order valence-electron chi connectivity index (χ3n) is 3.69. The molecule has 1 aromatic heterocycles. The van der Waals surface area contributed by atoms with E-state index in [1.54, 1.807) is 7.11 Å². The van der Waals surface area contributed by atoms with Gasteiger partial charge in [-0.15, -0.1) is 0 Å². The van der Waals surface area contributed by atoms with Crippen LogP contribution in [0.2, 0.25) is 0 Å². The molecule has 0 atom stereocenters. The van der Waals surface area contributed by atoms with Crippen molar-refractivity contribution in [2.75, 3.05) is 12.8 Å². The van der Waals surface area contributed by atoms with Crippen molar-refractivity contribution < 1.29 is 4.74 Å². The molecular weight excluding hydrogens is 260 g/mol. The normalized spacial score (nSPS) is 10.6. The number of anilines is 1. The number of hydrogen-bond acceptors (Lipinski definition) is 2. The zero-order valence-corrected chi connectivity index (χ0v) is 12.2. The van der Waals surface area contributed by atoms with E-state index in [1.807, 2.05) is 42.6 Å². The van der Waals surface area contributed by atoms with Gasteiger partial charge in [-0.3, -0.25) is 0 Å². The van der Waals surface area contributed by atoms with Crippen molar-refractivity contribution in [2.45, 2.75) is 6.92 Å². The van der Waals surface area contributed by atoms with Crippen LogP contribution in [0.4, 0.5) is 5.69 Å². The second-order valence-corrected chi connectivity index (χ2v) is 5.07. The highest BCUT2D eigenvalue weighted by Crippen LogP contribution is 2.32. The summed E-state index contributed by atoms with van der Waals surface area (Å²) in [5, 5.41) is 0. The molecule has 0 radical (unpaired) electrons. The summed E-state index contributed by atoms with van der Waals surface area (Å²) in [7, 11) is 1.68. The van der Waals surface area contributed by atoms with Crippen LogP contribution < -0.4 is 10.5 Å². The molecule has 3 aromatic rings. The van der Waals surface area contributed by atoms with Crippen LogP contribution in [0.5, 0.6) is 5.75 Å². The van der Waals surface area contributed by atoms with Gasteiger partial charge in [0.05, 0.1) is 7.11 Å². The van der Waals surface area contributed by atoms with Gasteiger partial charge in [-0.1, -0.05) is 24.3 Å². The van der Waals surface area contributed by atoms with E-state index in [1.165, 1.54) is 5.56 Å². The molecule has 2 aromatic carbocycles. The number of H-pyrrole nitrogens is 1. The maximum atomic E-state index is 6.04. The van der Waals surface area contributed by atoms with Gasteiger partial charge < -0.3 is 15.5 Å². The van der Waals surface area contributed by atoms with Crippen LogP contribution in [-0.2, 0) is 0 Å². The summed E-state index contributed by atoms with van der Waals surface area (Å²) in [5.41, 5.74) is 12.3. The van der Waals surface area contributed by atoms with Crippen molar-refractivity contribution in [3.63, 3.8) is 0 Å². The molecule has 1 heterocycles. The van der Waals surface area contributed by atoms with Gasteiger partial charge in [0.2, 0.25) is 0 Å². The molecule has 0 bridgehead atoms. The monoisotopic (exact) mass is 278 g/mol. The predicted octanol–water partition coefficient (Wildman–Crippen LogP) is 4.25. The molecule has 3 heteroatoms. The number of aromatic amines is 1. The topological polar surface area (TPSA) is 51.0 Å². The number of ether oxygens (including phenoxy) is 1. The molecule has 0 saturated heterocycles. The number of nitrogen functional groups attached to an aromatic ring is 1. The van der Waals surface area contributed by atoms with Gasteiger partial charge in [0.1, 0.15) is 5.75 Å². The molecule has 3 nitrogen and oxygen atoms in total. The number of methoxy groups -OCH3 is 1. The highest BCUT2D eigenvalue weighted by Gasteiger charge is 2.09. The predicted molar refractivity (Wildman–Crippen MR) is 87.4 cm³/mol. The second-order valence-electron chi connectivity index (χ2n) is 5.07. The van der Waals surface area contributed by atoms with Gasteiger partial charge in [-0.05, 0) is 36.8 Å². The number of nitrogens with one attached hydrogen (secondary N) is 1. The van der Waals surface area contributed by atoms with E-state index in [0.717, 1.165) is 33.8 Å². The van der Waals surface area contributed by atoms with E-state index in [-0.39, 0.29) is 0 Å². The highest BCUT2D eigenvalue weighted by molar-refractivity contribution is 5.80. The summed E-state index contributed by atoms with van der Waals surface area (Å²) in [6, 6.07) is 16.1. The third-order valence-corrected chi connectivity index (χ3v) is 3.69. The molecule has 3 rings (SSSR count). The average molecular weight is 278 g/mol. The number of para-hydroxylation sites is 1. The van der Waals surface area contributed by atoms with Crippen LogP contribution in [-0.4, -0.2) is 12.1 Å². The second kappa shape index (κ2) is 5.37. The Morgan fingerprint density at radius 2 is 1.81 bits per heavy atom. The van der Waals surface area contributed by atoms with E-state index in [2.05, 4.69) is 24.0 Å². The number of rotatable bonds is 3. The first-order valence-corrected chi connectivity index (χ1v) is 6.87. The Balaban J connectivity index is 2.05. The van der Waals surface area contributed by atoms with Gasteiger partial charge in [0.25, 0.3) is 0 Å². The number of aryl methyl sites for hydroxylation is 1. The van der Waals surface area contributed by atoms with Crippen LogP contribution in [0.25, 0.3) is 22.4 Å². The molecule has 0 unspecified atom stereocenters. The van der Waals surface area contributed by atoms with Gasteiger partial charge >= 0.3 is 0 Å². The highest BCUT2D eigenvalue weighted by atomic mass is 16.5. The number of nitrogens with two attached hydrogens (primary N) is 1. The number of hydrogen-bond donors (Lipinski definition) is 2. The van der Waals surface area contributed by atoms with Gasteiger partial charge in [-0.25, -0.2) is 0 Å².